The smallest absolute Gasteiger partial charge is 0.120 e. The highest BCUT2D eigenvalue weighted by Crippen LogP contribution is 2.36. The van der Waals surface area contributed by atoms with Crippen LogP contribution >= 0.6 is 0 Å². The lowest BCUT2D eigenvalue weighted by Crippen LogP contribution is -2.06. The molecule has 1 atom stereocenters. The van der Waals surface area contributed by atoms with Crippen molar-refractivity contribution >= 4 is 6.29 Å². The third-order valence-electron chi connectivity index (χ3n) is 3.31. The lowest BCUT2D eigenvalue weighted by atomic mass is 9.99. The van der Waals surface area contributed by atoms with E-state index in [0.29, 0.717) is 25.5 Å². The van der Waals surface area contributed by atoms with Gasteiger partial charge in [0, 0.05) is 6.42 Å². The zero-order valence-corrected chi connectivity index (χ0v) is 10.0. The lowest BCUT2D eigenvalue weighted by Gasteiger charge is -2.10. The van der Waals surface area contributed by atoms with Gasteiger partial charge in [0.05, 0.1) is 6.61 Å². The maximum absolute atomic E-state index is 10.6. The summed E-state index contributed by atoms with van der Waals surface area (Å²) in [6.07, 6.45) is 4.68. The van der Waals surface area contributed by atoms with Crippen LogP contribution in [0.1, 0.15) is 36.3 Å². The Bertz CT molecular complexity index is 390. The maximum atomic E-state index is 10.6. The quantitative estimate of drug-likeness (QED) is 0.604. The number of hydrogen-bond donors (Lipinski definition) is 1. The number of aryl methyl sites for hydroxylation is 1. The second-order valence-electron chi connectivity index (χ2n) is 4.49. The van der Waals surface area contributed by atoms with Crippen molar-refractivity contribution in [3.05, 3.63) is 29.3 Å². The van der Waals surface area contributed by atoms with Crippen LogP contribution < -0.4 is 10.5 Å². The fraction of sp³-hybridized carbons (Fsp3) is 0.500. The Kier molecular flexibility index (Phi) is 4.15. The van der Waals surface area contributed by atoms with Crippen molar-refractivity contribution in [3.63, 3.8) is 0 Å². The molecule has 1 aliphatic rings. The highest BCUT2D eigenvalue weighted by molar-refractivity contribution is 5.53. The standard InChI is InChI=1S/C14H19NO2/c15-7-1-9-17-13-4-5-14-11(6-8-16)2-3-12(14)10-13/h4-5,8,10-11H,1-3,6-7,9,15H2/t11-/m0/s1. The lowest BCUT2D eigenvalue weighted by molar-refractivity contribution is -0.108. The van der Waals surface area contributed by atoms with Gasteiger partial charge in [-0.05, 0) is 55.0 Å². The van der Waals surface area contributed by atoms with Gasteiger partial charge in [-0.25, -0.2) is 0 Å². The van der Waals surface area contributed by atoms with Crippen molar-refractivity contribution < 1.29 is 9.53 Å². The van der Waals surface area contributed by atoms with Crippen LogP contribution in [0.4, 0.5) is 0 Å². The maximum Gasteiger partial charge on any atom is 0.120 e. The SMILES string of the molecule is NCCCOc1ccc2c(c1)CC[C@H]2CC=O. The Labute approximate surface area is 102 Å². The summed E-state index contributed by atoms with van der Waals surface area (Å²) in [7, 11) is 0. The zero-order valence-electron chi connectivity index (χ0n) is 10.0. The summed E-state index contributed by atoms with van der Waals surface area (Å²) >= 11 is 0. The van der Waals surface area contributed by atoms with Crippen LogP contribution in [0, 0.1) is 0 Å². The molecule has 17 heavy (non-hydrogen) atoms. The Balaban J connectivity index is 2.03. The van der Waals surface area contributed by atoms with Crippen LogP contribution in [0.2, 0.25) is 0 Å². The minimum absolute atomic E-state index is 0.417. The highest BCUT2D eigenvalue weighted by atomic mass is 16.5. The van der Waals surface area contributed by atoms with Crippen LogP contribution in [0.5, 0.6) is 5.75 Å². The molecule has 0 saturated heterocycles. The summed E-state index contributed by atoms with van der Waals surface area (Å²) in [5.74, 6) is 1.34. The van der Waals surface area contributed by atoms with Crippen molar-refractivity contribution in [2.45, 2.75) is 31.6 Å². The molecule has 0 aromatic heterocycles. The van der Waals surface area contributed by atoms with Crippen LogP contribution in [0.25, 0.3) is 0 Å². The second kappa shape index (κ2) is 5.82. The largest absolute Gasteiger partial charge is 0.494 e. The van der Waals surface area contributed by atoms with Gasteiger partial charge >= 0.3 is 0 Å². The molecule has 1 aromatic carbocycles. The van der Waals surface area contributed by atoms with Crippen LogP contribution in [0.15, 0.2) is 18.2 Å². The van der Waals surface area contributed by atoms with E-state index in [0.717, 1.165) is 31.3 Å². The number of benzene rings is 1. The predicted molar refractivity (Wildman–Crippen MR) is 67.4 cm³/mol. The van der Waals surface area contributed by atoms with E-state index >= 15 is 0 Å². The van der Waals surface area contributed by atoms with Gasteiger partial charge in [0.1, 0.15) is 12.0 Å². The van der Waals surface area contributed by atoms with Gasteiger partial charge in [-0.15, -0.1) is 0 Å². The molecule has 0 saturated carbocycles. The third kappa shape index (κ3) is 2.86. The van der Waals surface area contributed by atoms with Crippen LogP contribution in [-0.2, 0) is 11.2 Å². The van der Waals surface area contributed by atoms with E-state index in [4.69, 9.17) is 10.5 Å². The summed E-state index contributed by atoms with van der Waals surface area (Å²) < 4.78 is 5.62. The summed E-state index contributed by atoms with van der Waals surface area (Å²) in [5.41, 5.74) is 8.08. The molecule has 1 aliphatic carbocycles. The Morgan fingerprint density at radius 1 is 1.47 bits per heavy atom. The molecule has 1 aromatic rings. The molecule has 92 valence electrons. The van der Waals surface area contributed by atoms with Crippen molar-refractivity contribution in [2.75, 3.05) is 13.2 Å². The minimum atomic E-state index is 0.417. The molecule has 2 N–H and O–H groups in total. The fourth-order valence-corrected chi connectivity index (χ4v) is 2.41. The van der Waals surface area contributed by atoms with Gasteiger partial charge in [0.15, 0.2) is 0 Å². The number of rotatable bonds is 6. The molecule has 0 aliphatic heterocycles. The molecule has 0 bridgehead atoms. The van der Waals surface area contributed by atoms with E-state index in [2.05, 4.69) is 12.1 Å². The van der Waals surface area contributed by atoms with Crippen molar-refractivity contribution in [1.82, 2.24) is 0 Å². The fourth-order valence-electron chi connectivity index (χ4n) is 2.41. The van der Waals surface area contributed by atoms with Gasteiger partial charge in [-0.3, -0.25) is 0 Å². The second-order valence-corrected chi connectivity index (χ2v) is 4.49. The predicted octanol–water partition coefficient (Wildman–Crippen LogP) is 2.03. The summed E-state index contributed by atoms with van der Waals surface area (Å²) in [4.78, 5) is 10.6. The third-order valence-corrected chi connectivity index (χ3v) is 3.31. The molecule has 0 fully saturated rings. The Morgan fingerprint density at radius 3 is 3.12 bits per heavy atom. The normalized spacial score (nSPS) is 17.8. The Hall–Kier alpha value is -1.35. The van der Waals surface area contributed by atoms with E-state index < -0.39 is 0 Å². The molecular formula is C14H19NO2. The molecular weight excluding hydrogens is 214 g/mol. The molecule has 2 rings (SSSR count). The van der Waals surface area contributed by atoms with Gasteiger partial charge in [0.2, 0.25) is 0 Å². The first-order chi connectivity index (χ1) is 8.35. The summed E-state index contributed by atoms with van der Waals surface area (Å²) in [6, 6.07) is 6.21. The molecule has 0 radical (unpaired) electrons. The summed E-state index contributed by atoms with van der Waals surface area (Å²) in [6.45, 7) is 1.33. The average Bonchev–Trinajstić information content (AvgIpc) is 2.73. The number of ether oxygens (including phenoxy) is 1. The van der Waals surface area contributed by atoms with E-state index in [-0.39, 0.29) is 0 Å². The number of nitrogens with two attached hydrogens (primary N) is 1. The number of fused-ring (bicyclic) bond motifs is 1. The molecule has 3 nitrogen and oxygen atoms in total. The molecule has 0 amide bonds. The number of hydrogen-bond acceptors (Lipinski definition) is 3. The molecule has 0 spiro atoms. The summed E-state index contributed by atoms with van der Waals surface area (Å²) in [5, 5.41) is 0. The van der Waals surface area contributed by atoms with Crippen molar-refractivity contribution in [3.8, 4) is 5.75 Å². The van der Waals surface area contributed by atoms with E-state index in [1.807, 2.05) is 6.07 Å². The molecule has 0 unspecified atom stereocenters. The van der Waals surface area contributed by atoms with E-state index in [1.165, 1.54) is 11.1 Å². The molecule has 0 heterocycles. The van der Waals surface area contributed by atoms with Gasteiger partial charge in [-0.1, -0.05) is 6.07 Å². The first-order valence-corrected chi connectivity index (χ1v) is 6.24. The number of carbonyl (C=O) groups excluding carboxylic acids is 1. The van der Waals surface area contributed by atoms with E-state index in [9.17, 15) is 4.79 Å². The van der Waals surface area contributed by atoms with Crippen molar-refractivity contribution in [1.29, 1.82) is 0 Å². The molecule has 3 heteroatoms. The monoisotopic (exact) mass is 233 g/mol. The van der Waals surface area contributed by atoms with Gasteiger partial charge < -0.3 is 15.3 Å². The van der Waals surface area contributed by atoms with Gasteiger partial charge in [0.25, 0.3) is 0 Å². The number of carbonyl (C=O) groups is 1. The average molecular weight is 233 g/mol. The Morgan fingerprint density at radius 2 is 2.35 bits per heavy atom. The number of aldehydes is 1. The first kappa shape index (κ1) is 12.1. The van der Waals surface area contributed by atoms with Crippen molar-refractivity contribution in [2.24, 2.45) is 5.73 Å². The zero-order chi connectivity index (χ0) is 12.1. The highest BCUT2D eigenvalue weighted by Gasteiger charge is 2.22. The van der Waals surface area contributed by atoms with Crippen LogP contribution in [0.3, 0.4) is 0 Å². The van der Waals surface area contributed by atoms with Crippen LogP contribution in [-0.4, -0.2) is 19.4 Å². The topological polar surface area (TPSA) is 52.3 Å². The van der Waals surface area contributed by atoms with Gasteiger partial charge in [-0.2, -0.15) is 0 Å². The first-order valence-electron chi connectivity index (χ1n) is 6.24. The van der Waals surface area contributed by atoms with E-state index in [1.54, 1.807) is 0 Å². The minimum Gasteiger partial charge on any atom is -0.494 e.